The molecule has 166 valence electrons. The van der Waals surface area contributed by atoms with Crippen LogP contribution in [0.1, 0.15) is 47.2 Å². The smallest absolute Gasteiger partial charge is 0.255 e. The number of nitrogens with one attached hydrogen (secondary N) is 1. The molecule has 4 aliphatic rings. The Morgan fingerprint density at radius 2 is 1.94 bits per heavy atom. The van der Waals surface area contributed by atoms with Crippen molar-refractivity contribution in [2.24, 2.45) is 11.7 Å². The normalized spacial score (nSPS) is 27.5. The molecule has 8 nitrogen and oxygen atoms in total. The molecule has 8 heteroatoms. The maximum absolute atomic E-state index is 13.1. The Balaban J connectivity index is 1.34. The highest BCUT2D eigenvalue weighted by Crippen LogP contribution is 2.38. The number of hydrogen-bond acceptors (Lipinski definition) is 6. The lowest BCUT2D eigenvalue weighted by molar-refractivity contribution is -0.136. The van der Waals surface area contributed by atoms with Gasteiger partial charge >= 0.3 is 0 Å². The molecule has 31 heavy (non-hydrogen) atoms. The molecule has 3 N–H and O–H groups in total. The monoisotopic (exact) mass is 425 g/mol. The van der Waals surface area contributed by atoms with Crippen LogP contribution in [-0.2, 0) is 22.7 Å². The molecule has 3 amide bonds. The molecule has 3 fully saturated rings. The molecule has 0 bridgehead atoms. The average Bonchev–Trinajstić information content (AvgIpc) is 3.54. The molecule has 0 spiro atoms. The number of hydrogen-bond donors (Lipinski definition) is 2. The molecule has 1 aromatic carbocycles. The van der Waals surface area contributed by atoms with Crippen molar-refractivity contribution in [2.45, 2.75) is 50.9 Å². The van der Waals surface area contributed by atoms with Gasteiger partial charge in [-0.25, -0.2) is 0 Å². The van der Waals surface area contributed by atoms with Gasteiger partial charge in [-0.15, -0.1) is 0 Å². The summed E-state index contributed by atoms with van der Waals surface area (Å²) in [4.78, 5) is 43.7. The first kappa shape index (κ1) is 20.6. The highest BCUT2D eigenvalue weighted by atomic mass is 16.2. The van der Waals surface area contributed by atoms with Crippen LogP contribution < -0.4 is 11.1 Å². The summed E-state index contributed by atoms with van der Waals surface area (Å²) in [5, 5.41) is 2.38. The quantitative estimate of drug-likeness (QED) is 0.636. The third kappa shape index (κ3) is 4.00. The summed E-state index contributed by atoms with van der Waals surface area (Å²) in [6.07, 6.45) is 3.27. The Morgan fingerprint density at radius 1 is 1.10 bits per heavy atom. The van der Waals surface area contributed by atoms with Crippen molar-refractivity contribution in [3.05, 3.63) is 34.9 Å². The third-order valence-electron chi connectivity index (χ3n) is 7.28. The van der Waals surface area contributed by atoms with Gasteiger partial charge in [-0.1, -0.05) is 12.1 Å². The van der Waals surface area contributed by atoms with E-state index < -0.39 is 6.04 Å². The number of carbonyl (C=O) groups is 3. The summed E-state index contributed by atoms with van der Waals surface area (Å²) in [6, 6.07) is 5.92. The molecule has 1 aliphatic carbocycles. The molecule has 1 aromatic rings. The Hall–Kier alpha value is -2.29. The molecule has 3 aliphatic heterocycles. The maximum Gasteiger partial charge on any atom is 0.255 e. The van der Waals surface area contributed by atoms with E-state index in [1.165, 1.54) is 18.4 Å². The highest BCUT2D eigenvalue weighted by Gasteiger charge is 2.41. The van der Waals surface area contributed by atoms with Crippen LogP contribution in [0.4, 0.5) is 0 Å². The van der Waals surface area contributed by atoms with E-state index in [4.69, 9.17) is 5.73 Å². The number of rotatable bonds is 6. The largest absolute Gasteiger partial charge is 0.329 e. The van der Waals surface area contributed by atoms with Crippen LogP contribution >= 0.6 is 0 Å². The first-order chi connectivity index (χ1) is 15.0. The molecule has 1 saturated carbocycles. The summed E-state index contributed by atoms with van der Waals surface area (Å²) in [5.74, 6) is 0.0477. The summed E-state index contributed by atoms with van der Waals surface area (Å²) < 4.78 is 0. The van der Waals surface area contributed by atoms with E-state index in [9.17, 15) is 14.4 Å². The van der Waals surface area contributed by atoms with Crippen LogP contribution in [-0.4, -0.2) is 77.2 Å². The van der Waals surface area contributed by atoms with Crippen LogP contribution in [0, 0.1) is 5.92 Å². The molecule has 2 saturated heterocycles. The molecule has 3 heterocycles. The standard InChI is InChI=1S/C23H31N5O3/c24-8-9-26-10-11-27(20(14-26)15-4-5-15)12-16-2-1-3-17-18(16)13-28(23(17)31)19-6-7-21(29)25-22(19)30/h1-3,15,19-20H,4-14,24H2,(H,25,29,30). The number of carbonyl (C=O) groups excluding carboxylic acids is 3. The minimum atomic E-state index is -0.565. The Morgan fingerprint density at radius 3 is 2.68 bits per heavy atom. The van der Waals surface area contributed by atoms with Gasteiger partial charge < -0.3 is 10.6 Å². The number of piperidine rings is 1. The lowest BCUT2D eigenvalue weighted by Gasteiger charge is -2.42. The fourth-order valence-electron chi connectivity index (χ4n) is 5.43. The van der Waals surface area contributed by atoms with Crippen LogP contribution in [0.3, 0.4) is 0 Å². The van der Waals surface area contributed by atoms with E-state index in [0.717, 1.165) is 44.2 Å². The van der Waals surface area contributed by atoms with Gasteiger partial charge in [0.05, 0.1) is 0 Å². The van der Waals surface area contributed by atoms with Crippen molar-refractivity contribution >= 4 is 17.7 Å². The zero-order chi connectivity index (χ0) is 21.5. The molecule has 2 atom stereocenters. The predicted octanol–water partition coefficient (Wildman–Crippen LogP) is 0.303. The Kier molecular flexibility index (Phi) is 5.54. The lowest BCUT2D eigenvalue weighted by atomic mass is 10.00. The Bertz CT molecular complexity index is 899. The van der Waals surface area contributed by atoms with Crippen molar-refractivity contribution in [3.63, 3.8) is 0 Å². The number of benzene rings is 1. The SMILES string of the molecule is NCCN1CCN(Cc2cccc3c2CN(C2CCC(=O)NC2=O)C3=O)C(C2CC2)C1. The fraction of sp³-hybridized carbons (Fsp3) is 0.609. The van der Waals surface area contributed by atoms with E-state index in [0.29, 0.717) is 31.1 Å². The van der Waals surface area contributed by atoms with Gasteiger partial charge in [0.2, 0.25) is 11.8 Å². The van der Waals surface area contributed by atoms with Gasteiger partial charge in [0.1, 0.15) is 6.04 Å². The van der Waals surface area contributed by atoms with Crippen molar-refractivity contribution in [1.82, 2.24) is 20.0 Å². The molecule has 0 aromatic heterocycles. The van der Waals surface area contributed by atoms with Crippen LogP contribution in [0.2, 0.25) is 0 Å². The zero-order valence-corrected chi connectivity index (χ0v) is 17.9. The average molecular weight is 426 g/mol. The Labute approximate surface area is 182 Å². The van der Waals surface area contributed by atoms with Crippen molar-refractivity contribution in [3.8, 4) is 0 Å². The maximum atomic E-state index is 13.1. The van der Waals surface area contributed by atoms with Gasteiger partial charge in [-0.3, -0.25) is 29.5 Å². The summed E-state index contributed by atoms with van der Waals surface area (Å²) in [5.41, 5.74) is 8.70. The number of nitrogens with zero attached hydrogens (tertiary/aromatic N) is 3. The van der Waals surface area contributed by atoms with E-state index >= 15 is 0 Å². The number of imide groups is 1. The molecular formula is C23H31N5O3. The van der Waals surface area contributed by atoms with Gasteiger partial charge in [0.15, 0.2) is 0 Å². The predicted molar refractivity (Wildman–Crippen MR) is 115 cm³/mol. The van der Waals surface area contributed by atoms with Crippen molar-refractivity contribution < 1.29 is 14.4 Å². The van der Waals surface area contributed by atoms with Crippen LogP contribution in [0.5, 0.6) is 0 Å². The highest BCUT2D eigenvalue weighted by molar-refractivity contribution is 6.05. The van der Waals surface area contributed by atoms with Crippen molar-refractivity contribution in [2.75, 3.05) is 32.7 Å². The summed E-state index contributed by atoms with van der Waals surface area (Å²) in [7, 11) is 0. The number of fused-ring (bicyclic) bond motifs is 1. The van der Waals surface area contributed by atoms with Crippen LogP contribution in [0.25, 0.3) is 0 Å². The number of nitrogens with two attached hydrogens (primary N) is 1. The van der Waals surface area contributed by atoms with Gasteiger partial charge in [0.25, 0.3) is 5.91 Å². The topological polar surface area (TPSA) is 99.0 Å². The first-order valence-corrected chi connectivity index (χ1v) is 11.5. The zero-order valence-electron chi connectivity index (χ0n) is 17.9. The fourth-order valence-corrected chi connectivity index (χ4v) is 5.43. The van der Waals surface area contributed by atoms with E-state index in [1.807, 2.05) is 12.1 Å². The number of amides is 3. The molecule has 5 rings (SSSR count). The van der Waals surface area contributed by atoms with Gasteiger partial charge in [-0.2, -0.15) is 0 Å². The lowest BCUT2D eigenvalue weighted by Crippen LogP contribution is -2.54. The van der Waals surface area contributed by atoms with Crippen molar-refractivity contribution in [1.29, 1.82) is 0 Å². The second kappa shape index (κ2) is 8.33. The first-order valence-electron chi connectivity index (χ1n) is 11.5. The van der Waals surface area contributed by atoms with E-state index in [2.05, 4.69) is 21.2 Å². The molecular weight excluding hydrogens is 394 g/mol. The number of piperazine rings is 1. The van der Waals surface area contributed by atoms with E-state index in [-0.39, 0.29) is 24.1 Å². The second-order valence-electron chi connectivity index (χ2n) is 9.31. The van der Waals surface area contributed by atoms with Crippen LogP contribution in [0.15, 0.2) is 18.2 Å². The minimum Gasteiger partial charge on any atom is -0.329 e. The molecule has 2 unspecified atom stereocenters. The van der Waals surface area contributed by atoms with E-state index in [1.54, 1.807) is 4.90 Å². The summed E-state index contributed by atoms with van der Waals surface area (Å²) >= 11 is 0. The van der Waals surface area contributed by atoms with Gasteiger partial charge in [0, 0.05) is 63.8 Å². The third-order valence-corrected chi connectivity index (χ3v) is 7.28. The molecule has 0 radical (unpaired) electrons. The summed E-state index contributed by atoms with van der Waals surface area (Å²) in [6.45, 7) is 6.02. The second-order valence-corrected chi connectivity index (χ2v) is 9.31. The van der Waals surface area contributed by atoms with Gasteiger partial charge in [-0.05, 0) is 42.4 Å². The minimum absolute atomic E-state index is 0.0992.